The molecule has 1 N–H and O–H groups in total. The molecule has 0 aromatic heterocycles. The second-order valence-corrected chi connectivity index (χ2v) is 4.63. The molecule has 2 aliphatic rings. The van der Waals surface area contributed by atoms with Crippen molar-refractivity contribution < 1.29 is 19.4 Å². The number of hydrogen-bond acceptors (Lipinski definition) is 3. The highest BCUT2D eigenvalue weighted by atomic mass is 16.5. The van der Waals surface area contributed by atoms with E-state index in [1.807, 2.05) is 6.07 Å². The largest absolute Gasteiger partial charge is 0.465 e. The molecule has 2 bridgehead atoms. The molecule has 2 aliphatic heterocycles. The molecule has 0 spiro atoms. The van der Waals surface area contributed by atoms with E-state index in [9.17, 15) is 14.7 Å². The van der Waals surface area contributed by atoms with Crippen LogP contribution >= 0.6 is 0 Å². The van der Waals surface area contributed by atoms with Crippen molar-refractivity contribution in [1.82, 2.24) is 4.90 Å². The van der Waals surface area contributed by atoms with Crippen LogP contribution in [0.25, 0.3) is 0 Å². The van der Waals surface area contributed by atoms with Crippen molar-refractivity contribution in [3.8, 4) is 0 Å². The second-order valence-electron chi connectivity index (χ2n) is 4.63. The van der Waals surface area contributed by atoms with Crippen molar-refractivity contribution in [2.24, 2.45) is 0 Å². The minimum atomic E-state index is -0.890. The smallest absolute Gasteiger partial charge is 0.408 e. The minimum absolute atomic E-state index is 0.0470. The number of carbonyl (C=O) groups excluding carboxylic acids is 1. The van der Waals surface area contributed by atoms with Crippen LogP contribution < -0.4 is 0 Å². The Morgan fingerprint density at radius 3 is 2.56 bits per heavy atom. The molecule has 1 saturated heterocycles. The van der Waals surface area contributed by atoms with Gasteiger partial charge in [-0.25, -0.2) is 9.59 Å². The standard InChI is InChI=1S/C13H13NO4/c1-18-12(15)7-2-3-8-9(6-7)11-5-4-10(8)14(11)13(16)17/h2-3,6,10-11H,4-5H2,1H3,(H,16,17). The molecule has 18 heavy (non-hydrogen) atoms. The van der Waals surface area contributed by atoms with Crippen LogP contribution in [0.2, 0.25) is 0 Å². The first-order valence-corrected chi connectivity index (χ1v) is 5.87. The number of esters is 1. The zero-order valence-corrected chi connectivity index (χ0v) is 9.92. The Bertz CT molecular complexity index is 540. The van der Waals surface area contributed by atoms with E-state index in [0.29, 0.717) is 5.56 Å². The van der Waals surface area contributed by atoms with Gasteiger partial charge in [-0.3, -0.25) is 4.90 Å². The monoisotopic (exact) mass is 247 g/mol. The van der Waals surface area contributed by atoms with E-state index in [1.165, 1.54) is 12.0 Å². The minimum Gasteiger partial charge on any atom is -0.465 e. The number of methoxy groups -OCH3 is 1. The fourth-order valence-electron chi connectivity index (χ4n) is 3.10. The predicted octanol–water partition coefficient (Wildman–Crippen LogP) is 2.34. The highest BCUT2D eigenvalue weighted by Crippen LogP contribution is 2.53. The van der Waals surface area contributed by atoms with Crippen LogP contribution in [0.5, 0.6) is 0 Å². The van der Waals surface area contributed by atoms with Crippen LogP contribution in [0.1, 0.15) is 46.4 Å². The molecule has 3 rings (SSSR count). The highest BCUT2D eigenvalue weighted by molar-refractivity contribution is 5.90. The number of fused-ring (bicyclic) bond motifs is 5. The van der Waals surface area contributed by atoms with Crippen LogP contribution in [-0.4, -0.2) is 29.2 Å². The van der Waals surface area contributed by atoms with Crippen LogP contribution in [-0.2, 0) is 4.74 Å². The normalized spacial score (nSPS) is 23.9. The van der Waals surface area contributed by atoms with Gasteiger partial charge in [-0.2, -0.15) is 0 Å². The number of amides is 1. The van der Waals surface area contributed by atoms with Crippen molar-refractivity contribution in [2.75, 3.05) is 7.11 Å². The Morgan fingerprint density at radius 1 is 1.28 bits per heavy atom. The summed E-state index contributed by atoms with van der Waals surface area (Å²) < 4.78 is 4.68. The summed E-state index contributed by atoms with van der Waals surface area (Å²) in [6, 6.07) is 5.16. The Labute approximate surface area is 104 Å². The van der Waals surface area contributed by atoms with E-state index in [1.54, 1.807) is 12.1 Å². The molecule has 5 heteroatoms. The number of hydrogen-bond donors (Lipinski definition) is 1. The van der Waals surface area contributed by atoms with Gasteiger partial charge in [-0.1, -0.05) is 6.07 Å². The van der Waals surface area contributed by atoms with E-state index >= 15 is 0 Å². The Balaban J connectivity index is 2.04. The molecule has 0 radical (unpaired) electrons. The first kappa shape index (κ1) is 11.1. The Hall–Kier alpha value is -2.04. The second kappa shape index (κ2) is 3.73. The van der Waals surface area contributed by atoms with E-state index < -0.39 is 6.09 Å². The van der Waals surface area contributed by atoms with Gasteiger partial charge in [-0.15, -0.1) is 0 Å². The fourth-order valence-corrected chi connectivity index (χ4v) is 3.10. The fraction of sp³-hybridized carbons (Fsp3) is 0.385. The first-order chi connectivity index (χ1) is 8.63. The molecular formula is C13H13NO4. The maximum absolute atomic E-state index is 11.5. The van der Waals surface area contributed by atoms with E-state index in [4.69, 9.17) is 0 Å². The Kier molecular flexibility index (Phi) is 2.29. The van der Waals surface area contributed by atoms with Gasteiger partial charge < -0.3 is 9.84 Å². The maximum atomic E-state index is 11.5. The summed E-state index contributed by atoms with van der Waals surface area (Å²) in [5.74, 6) is -0.387. The molecule has 1 aromatic carbocycles. The van der Waals surface area contributed by atoms with Crippen molar-refractivity contribution in [3.05, 3.63) is 34.9 Å². The average molecular weight is 247 g/mol. The molecule has 1 fully saturated rings. The lowest BCUT2D eigenvalue weighted by atomic mass is 9.90. The van der Waals surface area contributed by atoms with E-state index in [-0.39, 0.29) is 18.1 Å². The van der Waals surface area contributed by atoms with Crippen molar-refractivity contribution in [3.63, 3.8) is 0 Å². The van der Waals surface area contributed by atoms with Gasteiger partial charge in [0.05, 0.1) is 24.8 Å². The number of rotatable bonds is 1. The van der Waals surface area contributed by atoms with Gasteiger partial charge in [0, 0.05) is 0 Å². The molecule has 0 aliphatic carbocycles. The molecule has 2 unspecified atom stereocenters. The molecule has 5 nitrogen and oxygen atoms in total. The van der Waals surface area contributed by atoms with Crippen molar-refractivity contribution in [2.45, 2.75) is 24.9 Å². The number of benzene rings is 1. The summed E-state index contributed by atoms with van der Waals surface area (Å²) in [6.07, 6.45) is 0.800. The van der Waals surface area contributed by atoms with Crippen LogP contribution in [0.3, 0.4) is 0 Å². The maximum Gasteiger partial charge on any atom is 0.408 e. The van der Waals surface area contributed by atoms with Crippen LogP contribution in [0.15, 0.2) is 18.2 Å². The lowest BCUT2D eigenvalue weighted by Crippen LogP contribution is -2.25. The zero-order valence-electron chi connectivity index (χ0n) is 9.92. The molecular weight excluding hydrogens is 234 g/mol. The molecule has 2 heterocycles. The summed E-state index contributed by atoms with van der Waals surface area (Å²) in [5, 5.41) is 9.23. The predicted molar refractivity (Wildman–Crippen MR) is 62.4 cm³/mol. The summed E-state index contributed by atoms with van der Waals surface area (Å²) in [7, 11) is 1.34. The van der Waals surface area contributed by atoms with Gasteiger partial charge in [0.25, 0.3) is 0 Å². The summed E-state index contributed by atoms with van der Waals surface area (Å²) in [5.41, 5.74) is 2.46. The number of nitrogens with zero attached hydrogens (tertiary/aromatic N) is 1. The van der Waals surface area contributed by atoms with Gasteiger partial charge >= 0.3 is 12.1 Å². The highest BCUT2D eigenvalue weighted by Gasteiger charge is 2.46. The average Bonchev–Trinajstić information content (AvgIpc) is 2.93. The molecule has 0 saturated carbocycles. The third kappa shape index (κ3) is 1.33. The van der Waals surface area contributed by atoms with Gasteiger partial charge in [0.1, 0.15) is 0 Å². The lowest BCUT2D eigenvalue weighted by Gasteiger charge is -2.17. The summed E-state index contributed by atoms with van der Waals surface area (Å²) in [6.45, 7) is 0. The SMILES string of the molecule is COC(=O)c1ccc2c(c1)C1CCC2N1C(=O)O. The van der Waals surface area contributed by atoms with E-state index in [0.717, 1.165) is 24.0 Å². The molecule has 2 atom stereocenters. The molecule has 1 aromatic rings. The Morgan fingerprint density at radius 2 is 1.94 bits per heavy atom. The number of carboxylic acid groups (broad SMARTS) is 1. The molecule has 94 valence electrons. The third-order valence-electron chi connectivity index (χ3n) is 3.83. The molecule has 1 amide bonds. The first-order valence-electron chi connectivity index (χ1n) is 5.87. The van der Waals surface area contributed by atoms with Crippen molar-refractivity contribution in [1.29, 1.82) is 0 Å². The van der Waals surface area contributed by atoms with Gasteiger partial charge in [-0.05, 0) is 36.1 Å². The van der Waals surface area contributed by atoms with Crippen molar-refractivity contribution >= 4 is 12.1 Å². The number of carbonyl (C=O) groups is 2. The summed E-state index contributed by atoms with van der Waals surface area (Å²) in [4.78, 5) is 24.2. The lowest BCUT2D eigenvalue weighted by molar-refractivity contribution is 0.0600. The van der Waals surface area contributed by atoms with Gasteiger partial charge in [0.15, 0.2) is 0 Å². The quantitative estimate of drug-likeness (QED) is 0.773. The van der Waals surface area contributed by atoms with Gasteiger partial charge in [0.2, 0.25) is 0 Å². The van der Waals surface area contributed by atoms with Crippen LogP contribution in [0, 0.1) is 0 Å². The zero-order chi connectivity index (χ0) is 12.9. The summed E-state index contributed by atoms with van der Waals surface area (Å²) >= 11 is 0. The van der Waals surface area contributed by atoms with E-state index in [2.05, 4.69) is 4.74 Å². The number of ether oxygens (including phenoxy) is 1. The topological polar surface area (TPSA) is 66.8 Å². The van der Waals surface area contributed by atoms with Crippen LogP contribution in [0.4, 0.5) is 4.79 Å². The third-order valence-corrected chi connectivity index (χ3v) is 3.83.